The molecule has 0 radical (unpaired) electrons. The summed E-state index contributed by atoms with van der Waals surface area (Å²) in [6.45, 7) is 0. The number of rotatable bonds is 2. The van der Waals surface area contributed by atoms with Gasteiger partial charge in [0.25, 0.3) is 0 Å². The first-order valence-electron chi connectivity index (χ1n) is 6.40. The highest BCUT2D eigenvalue weighted by atomic mass is 16.2. The van der Waals surface area contributed by atoms with E-state index in [4.69, 9.17) is 0 Å². The highest BCUT2D eigenvalue weighted by molar-refractivity contribution is 6.03. The number of nitriles is 1. The number of para-hydroxylation sites is 1. The van der Waals surface area contributed by atoms with Crippen molar-refractivity contribution in [2.45, 2.75) is 25.7 Å². The smallest absolute Gasteiger partial charge is 0.244 e. The molecule has 0 bridgehead atoms. The highest BCUT2D eigenvalue weighted by Crippen LogP contribution is 2.38. The van der Waals surface area contributed by atoms with Gasteiger partial charge in [-0.15, -0.1) is 0 Å². The summed E-state index contributed by atoms with van der Waals surface area (Å²) in [6.07, 6.45) is 4.88. The quantitative estimate of drug-likeness (QED) is 0.864. The molecule has 1 aliphatic carbocycles. The zero-order chi connectivity index (χ0) is 13.3. The highest BCUT2D eigenvalue weighted by Gasteiger charge is 2.41. The third kappa shape index (κ3) is 1.85. The van der Waals surface area contributed by atoms with Gasteiger partial charge >= 0.3 is 0 Å². The van der Waals surface area contributed by atoms with Crippen molar-refractivity contribution in [3.8, 4) is 6.07 Å². The fourth-order valence-corrected chi connectivity index (χ4v) is 2.68. The lowest BCUT2D eigenvalue weighted by Crippen LogP contribution is -2.32. The van der Waals surface area contributed by atoms with E-state index in [1.165, 1.54) is 0 Å². The topological polar surface area (TPSA) is 81.6 Å². The van der Waals surface area contributed by atoms with E-state index in [1.807, 2.05) is 18.2 Å². The molecule has 1 amide bonds. The number of anilines is 1. The van der Waals surface area contributed by atoms with Crippen LogP contribution in [0.3, 0.4) is 0 Å². The molecule has 2 aromatic rings. The van der Waals surface area contributed by atoms with Gasteiger partial charge in [0, 0.05) is 5.39 Å². The first-order chi connectivity index (χ1) is 9.25. The molecule has 5 heteroatoms. The van der Waals surface area contributed by atoms with Crippen molar-refractivity contribution in [1.29, 1.82) is 5.26 Å². The molecule has 1 heterocycles. The van der Waals surface area contributed by atoms with E-state index < -0.39 is 5.41 Å². The number of nitrogens with zero attached hydrogens (tertiary/aromatic N) is 2. The Morgan fingerprint density at radius 1 is 1.42 bits per heavy atom. The molecule has 1 saturated carbocycles. The Labute approximate surface area is 110 Å². The number of benzene rings is 1. The molecule has 0 atom stereocenters. The number of carbonyl (C=O) groups excluding carboxylic acids is 1. The second kappa shape index (κ2) is 4.39. The molecule has 0 saturated heterocycles. The van der Waals surface area contributed by atoms with Crippen LogP contribution in [0.1, 0.15) is 25.7 Å². The summed E-state index contributed by atoms with van der Waals surface area (Å²) in [5.74, 6) is -0.199. The normalized spacial score (nSPS) is 17.2. The molecule has 96 valence electrons. The Kier molecular flexibility index (Phi) is 2.71. The van der Waals surface area contributed by atoms with E-state index in [0.717, 1.165) is 23.7 Å². The van der Waals surface area contributed by atoms with Crippen LogP contribution in [0.15, 0.2) is 24.4 Å². The van der Waals surface area contributed by atoms with Gasteiger partial charge in [0.2, 0.25) is 5.91 Å². The molecule has 1 aromatic carbocycles. The summed E-state index contributed by atoms with van der Waals surface area (Å²) in [4.78, 5) is 12.4. The SMILES string of the molecule is N#CC1(C(=O)Nc2cccc3cn[nH]c23)CCCC1. The minimum atomic E-state index is -0.859. The lowest BCUT2D eigenvalue weighted by atomic mass is 9.87. The zero-order valence-electron chi connectivity index (χ0n) is 10.4. The van der Waals surface area contributed by atoms with Crippen molar-refractivity contribution in [1.82, 2.24) is 10.2 Å². The van der Waals surface area contributed by atoms with Gasteiger partial charge < -0.3 is 5.32 Å². The van der Waals surface area contributed by atoms with Gasteiger partial charge in [0.05, 0.1) is 23.5 Å². The lowest BCUT2D eigenvalue weighted by Gasteiger charge is -2.19. The van der Waals surface area contributed by atoms with E-state index in [-0.39, 0.29) is 5.91 Å². The maximum absolute atomic E-state index is 12.4. The van der Waals surface area contributed by atoms with Gasteiger partial charge in [-0.1, -0.05) is 25.0 Å². The van der Waals surface area contributed by atoms with Crippen LogP contribution >= 0.6 is 0 Å². The maximum atomic E-state index is 12.4. The van der Waals surface area contributed by atoms with Crippen LogP contribution in [0.2, 0.25) is 0 Å². The van der Waals surface area contributed by atoms with Crippen molar-refractivity contribution >= 4 is 22.5 Å². The van der Waals surface area contributed by atoms with Gasteiger partial charge in [0.15, 0.2) is 0 Å². The number of carbonyl (C=O) groups is 1. The lowest BCUT2D eigenvalue weighted by molar-refractivity contribution is -0.122. The van der Waals surface area contributed by atoms with E-state index in [0.29, 0.717) is 18.5 Å². The standard InChI is InChI=1S/C14H14N4O/c15-9-14(6-1-2-7-14)13(19)17-11-5-3-4-10-8-16-18-12(10)11/h3-5,8H,1-2,6-7H2,(H,16,18)(H,17,19). The average molecular weight is 254 g/mol. The molecule has 0 aliphatic heterocycles. The molecule has 2 N–H and O–H groups in total. The van der Waals surface area contributed by atoms with E-state index in [1.54, 1.807) is 6.20 Å². The minimum absolute atomic E-state index is 0.199. The average Bonchev–Trinajstić information content (AvgIpc) is 3.08. The van der Waals surface area contributed by atoms with Crippen molar-refractivity contribution in [3.63, 3.8) is 0 Å². The van der Waals surface area contributed by atoms with Gasteiger partial charge in [-0.2, -0.15) is 10.4 Å². The second-order valence-corrected chi connectivity index (χ2v) is 4.99. The van der Waals surface area contributed by atoms with Crippen LogP contribution in [0, 0.1) is 16.7 Å². The number of nitrogens with one attached hydrogen (secondary N) is 2. The van der Waals surface area contributed by atoms with Crippen molar-refractivity contribution in [2.75, 3.05) is 5.32 Å². The van der Waals surface area contributed by atoms with Gasteiger partial charge in [-0.05, 0) is 18.9 Å². The Bertz CT molecular complexity index is 661. The Balaban J connectivity index is 1.91. The molecule has 0 spiro atoms. The number of aromatic amines is 1. The number of hydrogen-bond acceptors (Lipinski definition) is 3. The van der Waals surface area contributed by atoms with Gasteiger partial charge in [0.1, 0.15) is 5.41 Å². The summed E-state index contributed by atoms with van der Waals surface area (Å²) in [6, 6.07) is 7.80. The number of aromatic nitrogens is 2. The summed E-state index contributed by atoms with van der Waals surface area (Å²) < 4.78 is 0. The van der Waals surface area contributed by atoms with Crippen LogP contribution in [0.4, 0.5) is 5.69 Å². The molecular weight excluding hydrogens is 240 g/mol. The van der Waals surface area contributed by atoms with E-state index >= 15 is 0 Å². The molecule has 1 aromatic heterocycles. The van der Waals surface area contributed by atoms with Crippen LogP contribution in [-0.4, -0.2) is 16.1 Å². The van der Waals surface area contributed by atoms with Crippen LogP contribution in [0.5, 0.6) is 0 Å². The molecule has 3 rings (SSSR count). The number of hydrogen-bond donors (Lipinski definition) is 2. The molecule has 5 nitrogen and oxygen atoms in total. The fourth-order valence-electron chi connectivity index (χ4n) is 2.68. The number of H-pyrrole nitrogens is 1. The number of fused-ring (bicyclic) bond motifs is 1. The Morgan fingerprint density at radius 2 is 2.21 bits per heavy atom. The summed E-state index contributed by atoms with van der Waals surface area (Å²) in [5.41, 5.74) is 0.616. The number of amides is 1. The predicted octanol–water partition coefficient (Wildman–Crippen LogP) is 2.59. The first-order valence-corrected chi connectivity index (χ1v) is 6.40. The zero-order valence-corrected chi connectivity index (χ0v) is 10.4. The van der Waals surface area contributed by atoms with Crippen molar-refractivity contribution < 1.29 is 4.79 Å². The molecular formula is C14H14N4O. The minimum Gasteiger partial charge on any atom is -0.323 e. The van der Waals surface area contributed by atoms with Crippen LogP contribution in [0.25, 0.3) is 10.9 Å². The van der Waals surface area contributed by atoms with Crippen molar-refractivity contribution in [3.05, 3.63) is 24.4 Å². The molecule has 1 aliphatic rings. The van der Waals surface area contributed by atoms with Gasteiger partial charge in [-0.3, -0.25) is 9.89 Å². The summed E-state index contributed by atoms with van der Waals surface area (Å²) in [5, 5.41) is 19.9. The monoisotopic (exact) mass is 254 g/mol. The van der Waals surface area contributed by atoms with E-state index in [2.05, 4.69) is 21.6 Å². The van der Waals surface area contributed by atoms with Gasteiger partial charge in [-0.25, -0.2) is 0 Å². The Hall–Kier alpha value is -2.35. The molecule has 0 unspecified atom stereocenters. The third-order valence-corrected chi connectivity index (χ3v) is 3.83. The second-order valence-electron chi connectivity index (χ2n) is 4.99. The maximum Gasteiger partial charge on any atom is 0.244 e. The fraction of sp³-hybridized carbons (Fsp3) is 0.357. The molecule has 19 heavy (non-hydrogen) atoms. The predicted molar refractivity (Wildman–Crippen MR) is 71.2 cm³/mol. The molecule has 1 fully saturated rings. The first kappa shape index (κ1) is 11.7. The van der Waals surface area contributed by atoms with Crippen LogP contribution in [-0.2, 0) is 4.79 Å². The Morgan fingerprint density at radius 3 is 2.95 bits per heavy atom. The van der Waals surface area contributed by atoms with Crippen LogP contribution < -0.4 is 5.32 Å². The van der Waals surface area contributed by atoms with Crippen molar-refractivity contribution in [2.24, 2.45) is 5.41 Å². The summed E-state index contributed by atoms with van der Waals surface area (Å²) >= 11 is 0. The summed E-state index contributed by atoms with van der Waals surface area (Å²) in [7, 11) is 0. The largest absolute Gasteiger partial charge is 0.323 e. The van der Waals surface area contributed by atoms with E-state index in [9.17, 15) is 10.1 Å². The third-order valence-electron chi connectivity index (χ3n) is 3.83.